The van der Waals surface area contributed by atoms with E-state index in [1.165, 1.54) is 12.1 Å². The van der Waals surface area contributed by atoms with Gasteiger partial charge in [0, 0.05) is 0 Å². The second-order valence-corrected chi connectivity index (χ2v) is 7.84. The summed E-state index contributed by atoms with van der Waals surface area (Å²) in [5, 5.41) is 5.08. The number of carbonyl (C=O) groups excluding carboxylic acids is 2. The molecule has 1 aromatic carbocycles. The van der Waals surface area contributed by atoms with Crippen molar-refractivity contribution in [1.82, 2.24) is 10.6 Å². The highest BCUT2D eigenvalue weighted by atomic mass is 19.1. The third-order valence-electron chi connectivity index (χ3n) is 3.93. The van der Waals surface area contributed by atoms with Crippen molar-refractivity contribution in [2.75, 3.05) is 0 Å². The molecule has 1 aromatic rings. The molecule has 142 valence electrons. The zero-order valence-electron chi connectivity index (χ0n) is 15.9. The molecule has 6 nitrogen and oxygen atoms in total. The Hall–Kier alpha value is -2.44. The van der Waals surface area contributed by atoms with E-state index in [2.05, 4.69) is 29.5 Å². The van der Waals surface area contributed by atoms with Gasteiger partial charge in [-0.15, -0.1) is 0 Å². The van der Waals surface area contributed by atoms with Crippen molar-refractivity contribution in [2.45, 2.75) is 58.6 Å². The minimum atomic E-state index is -1.19. The SMILES string of the molecule is CC(C)CC[C@]1(c2ccc(F)cc2)N=C(NC(=O)OC(C)(C)C)NC1=O. The minimum Gasteiger partial charge on any atom is -0.444 e. The van der Waals surface area contributed by atoms with E-state index in [1.807, 2.05) is 0 Å². The Morgan fingerprint density at radius 1 is 1.31 bits per heavy atom. The molecule has 1 atom stereocenters. The highest BCUT2D eigenvalue weighted by Crippen LogP contribution is 2.35. The molecule has 0 saturated heterocycles. The maximum absolute atomic E-state index is 13.3. The number of aliphatic imine (C=N–C) groups is 1. The number of rotatable bonds is 4. The summed E-state index contributed by atoms with van der Waals surface area (Å²) in [7, 11) is 0. The highest BCUT2D eigenvalue weighted by Gasteiger charge is 2.45. The maximum atomic E-state index is 13.3. The van der Waals surface area contributed by atoms with Crippen molar-refractivity contribution in [3.05, 3.63) is 35.6 Å². The predicted octanol–water partition coefficient (Wildman–Crippen LogP) is 3.47. The molecule has 1 heterocycles. The van der Waals surface area contributed by atoms with Crippen LogP contribution in [0.15, 0.2) is 29.3 Å². The van der Waals surface area contributed by atoms with Crippen LogP contribution in [0.1, 0.15) is 53.0 Å². The third-order valence-corrected chi connectivity index (χ3v) is 3.93. The highest BCUT2D eigenvalue weighted by molar-refractivity contribution is 6.11. The van der Waals surface area contributed by atoms with Gasteiger partial charge >= 0.3 is 6.09 Å². The first-order valence-corrected chi connectivity index (χ1v) is 8.69. The molecular formula is C19H26FN3O3. The monoisotopic (exact) mass is 363 g/mol. The number of amides is 2. The summed E-state index contributed by atoms with van der Waals surface area (Å²) in [6.45, 7) is 9.33. The summed E-state index contributed by atoms with van der Waals surface area (Å²) in [4.78, 5) is 29.2. The van der Waals surface area contributed by atoms with Gasteiger partial charge in [-0.05, 0) is 57.2 Å². The largest absolute Gasteiger partial charge is 0.444 e. The minimum absolute atomic E-state index is 0.0392. The summed E-state index contributed by atoms with van der Waals surface area (Å²) < 4.78 is 18.5. The zero-order chi connectivity index (χ0) is 19.5. The predicted molar refractivity (Wildman–Crippen MR) is 97.1 cm³/mol. The molecule has 0 aliphatic carbocycles. The maximum Gasteiger partial charge on any atom is 0.414 e. The molecule has 2 N–H and O–H groups in total. The van der Waals surface area contributed by atoms with Gasteiger partial charge in [0.15, 0.2) is 5.54 Å². The van der Waals surface area contributed by atoms with E-state index < -0.39 is 17.2 Å². The second kappa shape index (κ2) is 7.43. The fourth-order valence-electron chi connectivity index (χ4n) is 2.67. The van der Waals surface area contributed by atoms with Gasteiger partial charge in [-0.1, -0.05) is 26.0 Å². The lowest BCUT2D eigenvalue weighted by atomic mass is 9.84. The molecule has 0 unspecified atom stereocenters. The molecule has 0 spiro atoms. The van der Waals surface area contributed by atoms with E-state index in [0.29, 0.717) is 17.9 Å². The van der Waals surface area contributed by atoms with Crippen LogP contribution in [0.3, 0.4) is 0 Å². The number of benzene rings is 1. The van der Waals surface area contributed by atoms with Crippen LogP contribution < -0.4 is 10.6 Å². The third kappa shape index (κ3) is 4.80. The van der Waals surface area contributed by atoms with Crippen molar-refractivity contribution in [1.29, 1.82) is 0 Å². The van der Waals surface area contributed by atoms with Crippen molar-refractivity contribution < 1.29 is 18.7 Å². The molecule has 2 amide bonds. The van der Waals surface area contributed by atoms with Crippen molar-refractivity contribution in [2.24, 2.45) is 10.9 Å². The standard InChI is InChI=1S/C19H26FN3O3/c1-12(2)10-11-19(13-6-8-14(20)9-7-13)15(24)21-16(23-19)22-17(25)26-18(3,4)5/h6-9,12H,10-11H2,1-5H3,(H2,21,22,23,24,25)/t19-/m1/s1. The second-order valence-electron chi connectivity index (χ2n) is 7.84. The number of carbonyl (C=O) groups is 2. The summed E-state index contributed by atoms with van der Waals surface area (Å²) in [6, 6.07) is 5.70. The first-order chi connectivity index (χ1) is 12.0. The molecule has 1 aliphatic heterocycles. The normalized spacial score (nSPS) is 20.0. The lowest BCUT2D eigenvalue weighted by Crippen LogP contribution is -2.44. The summed E-state index contributed by atoms with van der Waals surface area (Å²) in [5.74, 6) is -0.339. The average Bonchev–Trinajstić information content (AvgIpc) is 2.80. The first-order valence-electron chi connectivity index (χ1n) is 8.69. The molecule has 1 aliphatic rings. The fraction of sp³-hybridized carbons (Fsp3) is 0.526. The van der Waals surface area contributed by atoms with E-state index in [9.17, 15) is 14.0 Å². The van der Waals surface area contributed by atoms with Crippen LogP contribution in [0, 0.1) is 11.7 Å². The number of hydrogen-bond acceptors (Lipinski definition) is 4. The number of halogens is 1. The van der Waals surface area contributed by atoms with Crippen LogP contribution >= 0.6 is 0 Å². The molecule has 7 heteroatoms. The summed E-state index contributed by atoms with van der Waals surface area (Å²) in [6.07, 6.45) is 0.491. The van der Waals surface area contributed by atoms with Gasteiger partial charge in [-0.25, -0.2) is 14.2 Å². The molecule has 0 fully saturated rings. The van der Waals surface area contributed by atoms with Crippen molar-refractivity contribution in [3.63, 3.8) is 0 Å². The van der Waals surface area contributed by atoms with Crippen LogP contribution in [-0.4, -0.2) is 23.6 Å². The van der Waals surface area contributed by atoms with E-state index >= 15 is 0 Å². The smallest absolute Gasteiger partial charge is 0.414 e. The van der Waals surface area contributed by atoms with Gasteiger partial charge in [0.05, 0.1) is 0 Å². The average molecular weight is 363 g/mol. The van der Waals surface area contributed by atoms with Gasteiger partial charge in [0.25, 0.3) is 5.91 Å². The number of alkyl carbamates (subject to hydrolysis) is 1. The van der Waals surface area contributed by atoms with Crippen LogP contribution in [0.5, 0.6) is 0 Å². The van der Waals surface area contributed by atoms with Crippen molar-refractivity contribution >= 4 is 18.0 Å². The Kier molecular flexibility index (Phi) is 5.68. The van der Waals surface area contributed by atoms with Crippen LogP contribution in [0.25, 0.3) is 0 Å². The fourth-order valence-corrected chi connectivity index (χ4v) is 2.67. The first kappa shape index (κ1) is 19.9. The van der Waals surface area contributed by atoms with Crippen molar-refractivity contribution in [3.8, 4) is 0 Å². The molecule has 0 aromatic heterocycles. The number of guanidine groups is 1. The topological polar surface area (TPSA) is 79.8 Å². The number of nitrogens with one attached hydrogen (secondary N) is 2. The summed E-state index contributed by atoms with van der Waals surface area (Å²) in [5.41, 5.74) is -1.28. The lowest BCUT2D eigenvalue weighted by molar-refractivity contribution is -0.124. The van der Waals surface area contributed by atoms with E-state index in [1.54, 1.807) is 32.9 Å². The Morgan fingerprint density at radius 3 is 2.46 bits per heavy atom. The Labute approximate surface area is 153 Å². The van der Waals surface area contributed by atoms with Crippen LogP contribution in [0.4, 0.5) is 9.18 Å². The number of nitrogens with zero attached hydrogens (tertiary/aromatic N) is 1. The zero-order valence-corrected chi connectivity index (χ0v) is 15.9. The molecule has 0 saturated carbocycles. The van der Waals surface area contributed by atoms with E-state index in [0.717, 1.165) is 6.42 Å². The molecule has 26 heavy (non-hydrogen) atoms. The van der Waals surface area contributed by atoms with Gasteiger partial charge in [-0.2, -0.15) is 0 Å². The Morgan fingerprint density at radius 2 is 1.92 bits per heavy atom. The Balaban J connectivity index is 2.31. The Bertz CT molecular complexity index is 708. The van der Waals surface area contributed by atoms with E-state index in [-0.39, 0.29) is 17.7 Å². The molecule has 0 bridgehead atoms. The summed E-state index contributed by atoms with van der Waals surface area (Å²) >= 11 is 0. The molecule has 2 rings (SSSR count). The van der Waals surface area contributed by atoms with Gasteiger partial charge < -0.3 is 4.74 Å². The van der Waals surface area contributed by atoms with Gasteiger partial charge in [-0.3, -0.25) is 15.4 Å². The van der Waals surface area contributed by atoms with Gasteiger partial charge in [0.2, 0.25) is 5.96 Å². The van der Waals surface area contributed by atoms with Crippen LogP contribution in [-0.2, 0) is 15.1 Å². The number of ether oxygens (including phenoxy) is 1. The quantitative estimate of drug-likeness (QED) is 0.860. The van der Waals surface area contributed by atoms with Gasteiger partial charge in [0.1, 0.15) is 11.4 Å². The molecular weight excluding hydrogens is 337 g/mol. The number of hydrogen-bond donors (Lipinski definition) is 2. The lowest BCUT2D eigenvalue weighted by Gasteiger charge is -2.24. The van der Waals surface area contributed by atoms with E-state index in [4.69, 9.17) is 4.74 Å². The molecule has 0 radical (unpaired) electrons. The van der Waals surface area contributed by atoms with Crippen LogP contribution in [0.2, 0.25) is 0 Å².